The molecule has 0 saturated heterocycles. The van der Waals surface area contributed by atoms with E-state index in [-0.39, 0.29) is 0 Å². The Kier molecular flexibility index (Phi) is 0.675. The van der Waals surface area contributed by atoms with Crippen molar-refractivity contribution in [2.45, 2.75) is 6.42 Å². The quantitative estimate of drug-likeness (QED) is 0.468. The van der Waals surface area contributed by atoms with E-state index in [1.54, 1.807) is 12.2 Å². The SMILES string of the molecule is OC1=CCC=C1. The molecule has 1 rings (SSSR count). The van der Waals surface area contributed by atoms with Crippen molar-refractivity contribution in [3.05, 3.63) is 24.0 Å². The van der Waals surface area contributed by atoms with Crippen LogP contribution in [-0.4, -0.2) is 5.11 Å². The zero-order valence-electron chi connectivity index (χ0n) is 3.39. The van der Waals surface area contributed by atoms with Crippen molar-refractivity contribution < 1.29 is 5.11 Å². The summed E-state index contributed by atoms with van der Waals surface area (Å²) in [5.74, 6) is 0.398. The number of hydrogen-bond acceptors (Lipinski definition) is 1. The molecule has 1 aliphatic rings. The van der Waals surface area contributed by atoms with Crippen molar-refractivity contribution in [3.63, 3.8) is 0 Å². The average molecular weight is 82.1 g/mol. The van der Waals surface area contributed by atoms with Crippen LogP contribution in [0.4, 0.5) is 0 Å². The van der Waals surface area contributed by atoms with E-state index < -0.39 is 0 Å². The van der Waals surface area contributed by atoms with E-state index in [2.05, 4.69) is 0 Å². The van der Waals surface area contributed by atoms with Crippen molar-refractivity contribution in [1.82, 2.24) is 0 Å². The highest BCUT2D eigenvalue weighted by Crippen LogP contribution is 2.02. The fraction of sp³-hybridized carbons (Fsp3) is 0.200. The van der Waals surface area contributed by atoms with Crippen LogP contribution in [0.25, 0.3) is 0 Å². The van der Waals surface area contributed by atoms with Gasteiger partial charge in [0, 0.05) is 0 Å². The molecule has 0 radical (unpaired) electrons. The van der Waals surface area contributed by atoms with Gasteiger partial charge < -0.3 is 5.11 Å². The van der Waals surface area contributed by atoms with E-state index in [0.717, 1.165) is 6.42 Å². The molecule has 0 aromatic heterocycles. The molecule has 0 saturated carbocycles. The number of rotatable bonds is 0. The molecule has 1 N–H and O–H groups in total. The third-order valence-electron chi connectivity index (χ3n) is 0.752. The fourth-order valence-electron chi connectivity index (χ4n) is 0.446. The first-order chi connectivity index (χ1) is 2.89. The first-order valence-electron chi connectivity index (χ1n) is 1.95. The van der Waals surface area contributed by atoms with Gasteiger partial charge in [0.1, 0.15) is 5.76 Å². The highest BCUT2D eigenvalue weighted by atomic mass is 16.3. The van der Waals surface area contributed by atoms with Crippen LogP contribution in [0.15, 0.2) is 24.0 Å². The molecule has 0 unspecified atom stereocenters. The van der Waals surface area contributed by atoms with Gasteiger partial charge in [0.05, 0.1) is 0 Å². The van der Waals surface area contributed by atoms with Crippen LogP contribution in [0.2, 0.25) is 0 Å². The normalized spacial score (nSPS) is 18.3. The molecular weight excluding hydrogens is 76.1 g/mol. The van der Waals surface area contributed by atoms with Crippen molar-refractivity contribution in [2.75, 3.05) is 0 Å². The van der Waals surface area contributed by atoms with Crippen LogP contribution in [0, 0.1) is 0 Å². The highest BCUT2D eigenvalue weighted by Gasteiger charge is 1.87. The van der Waals surface area contributed by atoms with Gasteiger partial charge in [-0.3, -0.25) is 0 Å². The Morgan fingerprint density at radius 1 is 1.67 bits per heavy atom. The van der Waals surface area contributed by atoms with Gasteiger partial charge in [-0.25, -0.2) is 0 Å². The molecule has 32 valence electrons. The molecule has 0 aliphatic heterocycles. The molecular formula is C5H6O. The third kappa shape index (κ3) is 0.432. The topological polar surface area (TPSA) is 20.2 Å². The first kappa shape index (κ1) is 3.47. The lowest BCUT2D eigenvalue weighted by atomic mass is 10.5. The summed E-state index contributed by atoms with van der Waals surface area (Å²) < 4.78 is 0. The summed E-state index contributed by atoms with van der Waals surface area (Å²) in [6, 6.07) is 0. The van der Waals surface area contributed by atoms with E-state index in [4.69, 9.17) is 5.11 Å². The number of aliphatic hydroxyl groups is 1. The van der Waals surface area contributed by atoms with E-state index in [9.17, 15) is 0 Å². The van der Waals surface area contributed by atoms with Gasteiger partial charge in [0.2, 0.25) is 0 Å². The summed E-state index contributed by atoms with van der Waals surface area (Å²) >= 11 is 0. The number of hydrogen-bond donors (Lipinski definition) is 1. The minimum Gasteiger partial charge on any atom is -0.508 e. The molecule has 0 amide bonds. The molecule has 1 heteroatoms. The van der Waals surface area contributed by atoms with Crippen LogP contribution in [-0.2, 0) is 0 Å². The second kappa shape index (κ2) is 1.17. The summed E-state index contributed by atoms with van der Waals surface area (Å²) in [6.07, 6.45) is 6.27. The van der Waals surface area contributed by atoms with Crippen LogP contribution < -0.4 is 0 Å². The summed E-state index contributed by atoms with van der Waals surface area (Å²) in [7, 11) is 0. The zero-order chi connectivity index (χ0) is 4.41. The minimum atomic E-state index is 0.398. The highest BCUT2D eigenvalue weighted by molar-refractivity contribution is 5.18. The minimum absolute atomic E-state index is 0.398. The number of aliphatic hydroxyl groups excluding tert-OH is 1. The van der Waals surface area contributed by atoms with Crippen molar-refractivity contribution in [2.24, 2.45) is 0 Å². The molecule has 0 aromatic rings. The Hall–Kier alpha value is -0.720. The lowest BCUT2D eigenvalue weighted by molar-refractivity contribution is 0.433. The van der Waals surface area contributed by atoms with Gasteiger partial charge >= 0.3 is 0 Å². The molecule has 0 bridgehead atoms. The maximum atomic E-state index is 8.50. The van der Waals surface area contributed by atoms with Crippen molar-refractivity contribution in [1.29, 1.82) is 0 Å². The molecule has 0 fully saturated rings. The maximum absolute atomic E-state index is 8.50. The molecule has 0 heterocycles. The van der Waals surface area contributed by atoms with Gasteiger partial charge in [-0.05, 0) is 18.6 Å². The summed E-state index contributed by atoms with van der Waals surface area (Å²) in [4.78, 5) is 0. The van der Waals surface area contributed by atoms with Gasteiger partial charge in [-0.2, -0.15) is 0 Å². The largest absolute Gasteiger partial charge is 0.508 e. The zero-order valence-corrected chi connectivity index (χ0v) is 3.39. The maximum Gasteiger partial charge on any atom is 0.111 e. The van der Waals surface area contributed by atoms with Crippen molar-refractivity contribution >= 4 is 0 Å². The van der Waals surface area contributed by atoms with E-state index in [1.807, 2.05) is 6.08 Å². The molecule has 0 spiro atoms. The predicted octanol–water partition coefficient (Wildman–Crippen LogP) is 1.39. The smallest absolute Gasteiger partial charge is 0.111 e. The van der Waals surface area contributed by atoms with Crippen LogP contribution in [0.1, 0.15) is 6.42 Å². The second-order valence-corrected chi connectivity index (χ2v) is 1.27. The lowest BCUT2D eigenvalue weighted by Crippen LogP contribution is -1.60. The van der Waals surface area contributed by atoms with Gasteiger partial charge in [-0.1, -0.05) is 6.08 Å². The second-order valence-electron chi connectivity index (χ2n) is 1.27. The van der Waals surface area contributed by atoms with Crippen molar-refractivity contribution in [3.8, 4) is 0 Å². The Morgan fingerprint density at radius 2 is 2.50 bits per heavy atom. The molecule has 1 nitrogen and oxygen atoms in total. The Morgan fingerprint density at radius 3 is 2.67 bits per heavy atom. The third-order valence-corrected chi connectivity index (χ3v) is 0.752. The van der Waals surface area contributed by atoms with Gasteiger partial charge in [-0.15, -0.1) is 0 Å². The molecule has 1 aliphatic carbocycles. The van der Waals surface area contributed by atoms with Crippen LogP contribution in [0.5, 0.6) is 0 Å². The van der Waals surface area contributed by atoms with E-state index in [1.165, 1.54) is 0 Å². The number of allylic oxidation sites excluding steroid dienone is 3. The summed E-state index contributed by atoms with van der Waals surface area (Å²) in [6.45, 7) is 0. The van der Waals surface area contributed by atoms with Crippen LogP contribution in [0.3, 0.4) is 0 Å². The first-order valence-corrected chi connectivity index (χ1v) is 1.95. The molecule has 0 atom stereocenters. The Balaban J connectivity index is 2.68. The molecule has 6 heavy (non-hydrogen) atoms. The standard InChI is InChI=1S/C5H6O/c6-5-3-1-2-4-5/h1,3-4,6H,2H2. The Bertz CT molecular complexity index is 97.8. The van der Waals surface area contributed by atoms with Crippen LogP contribution >= 0.6 is 0 Å². The van der Waals surface area contributed by atoms with E-state index >= 15 is 0 Å². The monoisotopic (exact) mass is 82.0 g/mol. The Labute approximate surface area is 36.6 Å². The fourth-order valence-corrected chi connectivity index (χ4v) is 0.446. The lowest BCUT2D eigenvalue weighted by Gasteiger charge is -1.74. The van der Waals surface area contributed by atoms with E-state index in [0.29, 0.717) is 5.76 Å². The predicted molar refractivity (Wildman–Crippen MR) is 24.5 cm³/mol. The summed E-state index contributed by atoms with van der Waals surface area (Å²) in [5.41, 5.74) is 0. The van der Waals surface area contributed by atoms with Gasteiger partial charge in [0.15, 0.2) is 0 Å². The van der Waals surface area contributed by atoms with Gasteiger partial charge in [0.25, 0.3) is 0 Å². The average Bonchev–Trinajstić information content (AvgIpc) is 1.86. The molecule has 0 aromatic carbocycles. The summed E-state index contributed by atoms with van der Waals surface area (Å²) in [5, 5.41) is 8.50.